The molecule has 0 aromatic heterocycles. The summed E-state index contributed by atoms with van der Waals surface area (Å²) in [5.74, 6) is -5.28. The fraction of sp³-hybridized carbons (Fsp3) is 0.680. The molecule has 1 aromatic carbocycles. The molecule has 2 aliphatic rings. The minimum atomic E-state index is -1.17. The molecule has 0 radical (unpaired) electrons. The number of unbranched alkanes of at least 4 members (excludes halogenated alkanes) is 2. The number of benzene rings is 1. The van der Waals surface area contributed by atoms with E-state index >= 15 is 0 Å². The van der Waals surface area contributed by atoms with Gasteiger partial charge in [-0.05, 0) is 55.9 Å². The Morgan fingerprint density at radius 1 is 0.821 bits per heavy atom. The second-order valence-electron chi connectivity index (χ2n) is 19.1. The summed E-state index contributed by atoms with van der Waals surface area (Å²) in [7, 11) is 6.22. The number of carboxylic acids is 1. The molecule has 17 heteroatoms. The Morgan fingerprint density at radius 3 is 1.99 bits per heavy atom. The van der Waals surface area contributed by atoms with E-state index in [1.54, 1.807) is 55.1 Å². The first-order valence-corrected chi connectivity index (χ1v) is 23.9. The number of likely N-dealkylation sites (tertiary alicyclic amines) is 1. The van der Waals surface area contributed by atoms with Crippen molar-refractivity contribution in [2.45, 2.75) is 162 Å². The van der Waals surface area contributed by atoms with Gasteiger partial charge in [-0.2, -0.15) is 0 Å². The lowest BCUT2D eigenvalue weighted by Gasteiger charge is -2.41. The standard InChI is InChI=1S/C50H78N6O11/c1-13-32(6)45(54(10)49(63)43(30(2)3)52-48(62)44(31(4)5)53(9)39(57)22-18-15-19-27-55-40(58)25-26-41(55)59)38(66-11)29-42(60)56-33(7)23-24-37(56)46(67-12)34(8)47(61)51-36(50(64)65)28-35-20-16-14-17-21-35/h14,16-17,20-21,25-26,30-34,36-38,43-46H,13,15,18-19,22-24,27-29H2,1-12H3,(H,51,61)(H,52,62)(H,64,65)/t32-,33-,34+,36-,37-,38?,43-,44?,45-,46+/m0/s1. The smallest absolute Gasteiger partial charge is 0.326 e. The van der Waals surface area contributed by atoms with Crippen molar-refractivity contribution < 1.29 is 52.9 Å². The molecular formula is C50H78N6O11. The van der Waals surface area contributed by atoms with E-state index in [0.29, 0.717) is 38.5 Å². The van der Waals surface area contributed by atoms with Crippen molar-refractivity contribution in [3.05, 3.63) is 48.0 Å². The number of methoxy groups -OCH3 is 2. The number of carbonyl (C=O) groups is 8. The first-order chi connectivity index (χ1) is 31.6. The molecule has 7 amide bonds. The van der Waals surface area contributed by atoms with Crippen molar-refractivity contribution in [3.8, 4) is 0 Å². The zero-order chi connectivity index (χ0) is 50.3. The lowest BCUT2D eigenvalue weighted by molar-refractivity contribution is -0.150. The number of nitrogens with one attached hydrogen (secondary N) is 2. The van der Waals surface area contributed by atoms with E-state index < -0.39 is 66.1 Å². The van der Waals surface area contributed by atoms with Crippen molar-refractivity contribution in [1.82, 2.24) is 30.2 Å². The third-order valence-corrected chi connectivity index (χ3v) is 13.7. The van der Waals surface area contributed by atoms with E-state index in [1.807, 2.05) is 54.5 Å². The quantitative estimate of drug-likeness (QED) is 0.0840. The van der Waals surface area contributed by atoms with Gasteiger partial charge in [-0.15, -0.1) is 0 Å². The van der Waals surface area contributed by atoms with Gasteiger partial charge < -0.3 is 39.9 Å². The molecule has 2 heterocycles. The predicted molar refractivity (Wildman–Crippen MR) is 253 cm³/mol. The van der Waals surface area contributed by atoms with Crippen LogP contribution in [0.3, 0.4) is 0 Å². The fourth-order valence-corrected chi connectivity index (χ4v) is 9.58. The Hall–Kier alpha value is -5.16. The molecule has 1 aromatic rings. The second-order valence-corrected chi connectivity index (χ2v) is 19.1. The average molecular weight is 939 g/mol. The third-order valence-electron chi connectivity index (χ3n) is 13.7. The molecule has 374 valence electrons. The molecule has 67 heavy (non-hydrogen) atoms. The molecule has 10 atom stereocenters. The number of imide groups is 1. The highest BCUT2D eigenvalue weighted by molar-refractivity contribution is 6.12. The largest absolute Gasteiger partial charge is 0.480 e. The fourth-order valence-electron chi connectivity index (χ4n) is 9.58. The van der Waals surface area contributed by atoms with Gasteiger partial charge in [0.15, 0.2) is 0 Å². The number of aliphatic carboxylic acids is 1. The zero-order valence-corrected chi connectivity index (χ0v) is 41.9. The molecule has 0 spiro atoms. The Morgan fingerprint density at radius 2 is 1.45 bits per heavy atom. The lowest BCUT2D eigenvalue weighted by Crippen LogP contribution is -2.60. The average Bonchev–Trinajstić information content (AvgIpc) is 3.83. The summed E-state index contributed by atoms with van der Waals surface area (Å²) in [4.78, 5) is 112. The number of carboxylic acid groups (broad SMARTS) is 1. The number of hydrogen-bond acceptors (Lipinski definition) is 10. The molecular weight excluding hydrogens is 861 g/mol. The van der Waals surface area contributed by atoms with Crippen molar-refractivity contribution in [2.75, 3.05) is 34.9 Å². The highest BCUT2D eigenvalue weighted by Gasteiger charge is 2.46. The number of rotatable bonds is 27. The molecule has 2 aliphatic heterocycles. The van der Waals surface area contributed by atoms with E-state index in [9.17, 15) is 43.5 Å². The van der Waals surface area contributed by atoms with Gasteiger partial charge in [-0.25, -0.2) is 4.79 Å². The molecule has 17 nitrogen and oxygen atoms in total. The van der Waals surface area contributed by atoms with E-state index in [4.69, 9.17) is 9.47 Å². The Bertz CT molecular complexity index is 1870. The summed E-state index contributed by atoms with van der Waals surface area (Å²) < 4.78 is 12.0. The lowest BCUT2D eigenvalue weighted by atomic mass is 9.89. The van der Waals surface area contributed by atoms with E-state index in [1.165, 1.54) is 36.2 Å². The summed E-state index contributed by atoms with van der Waals surface area (Å²) in [6, 6.07) is 4.73. The van der Waals surface area contributed by atoms with Gasteiger partial charge >= 0.3 is 5.97 Å². The molecule has 1 fully saturated rings. The minimum absolute atomic E-state index is 0.0914. The van der Waals surface area contributed by atoms with Gasteiger partial charge in [-0.3, -0.25) is 38.5 Å². The molecule has 0 saturated carbocycles. The van der Waals surface area contributed by atoms with Crippen molar-refractivity contribution in [2.24, 2.45) is 23.7 Å². The Labute approximate surface area is 397 Å². The number of ether oxygens (including phenoxy) is 2. The van der Waals surface area contributed by atoms with E-state index in [2.05, 4.69) is 10.6 Å². The van der Waals surface area contributed by atoms with Crippen LogP contribution in [0.5, 0.6) is 0 Å². The van der Waals surface area contributed by atoms with Crippen LogP contribution in [0.2, 0.25) is 0 Å². The first kappa shape index (κ1) is 56.2. The molecule has 3 rings (SSSR count). The van der Waals surface area contributed by atoms with E-state index in [-0.39, 0.29) is 79.1 Å². The van der Waals surface area contributed by atoms with E-state index in [0.717, 1.165) is 5.56 Å². The number of nitrogens with zero attached hydrogens (tertiary/aromatic N) is 4. The summed E-state index contributed by atoms with van der Waals surface area (Å²) >= 11 is 0. The minimum Gasteiger partial charge on any atom is -0.480 e. The molecule has 1 saturated heterocycles. The number of carbonyl (C=O) groups excluding carboxylic acids is 7. The van der Waals surface area contributed by atoms with Gasteiger partial charge in [-0.1, -0.05) is 91.6 Å². The van der Waals surface area contributed by atoms with Crippen LogP contribution in [0.15, 0.2) is 42.5 Å². The summed E-state index contributed by atoms with van der Waals surface area (Å²) in [5.41, 5.74) is 0.761. The van der Waals surface area contributed by atoms with Crippen molar-refractivity contribution in [3.63, 3.8) is 0 Å². The van der Waals surface area contributed by atoms with Crippen LogP contribution in [-0.2, 0) is 54.3 Å². The highest BCUT2D eigenvalue weighted by Crippen LogP contribution is 2.33. The normalized spacial score (nSPS) is 19.7. The van der Waals surface area contributed by atoms with Gasteiger partial charge in [0.05, 0.1) is 36.6 Å². The Balaban J connectivity index is 1.74. The number of amides is 7. The molecule has 2 unspecified atom stereocenters. The summed E-state index contributed by atoms with van der Waals surface area (Å²) in [6.07, 6.45) is 4.64. The predicted octanol–water partition coefficient (Wildman–Crippen LogP) is 4.22. The molecule has 3 N–H and O–H groups in total. The first-order valence-electron chi connectivity index (χ1n) is 23.9. The maximum Gasteiger partial charge on any atom is 0.326 e. The van der Waals surface area contributed by atoms with Gasteiger partial charge in [0.25, 0.3) is 11.8 Å². The van der Waals surface area contributed by atoms with Gasteiger partial charge in [0, 0.05) is 65.9 Å². The van der Waals surface area contributed by atoms with Crippen LogP contribution in [-0.4, -0.2) is 155 Å². The van der Waals surface area contributed by atoms with Crippen molar-refractivity contribution in [1.29, 1.82) is 0 Å². The van der Waals surface area contributed by atoms with Crippen LogP contribution in [0.4, 0.5) is 0 Å². The maximum atomic E-state index is 14.6. The van der Waals surface area contributed by atoms with Crippen LogP contribution >= 0.6 is 0 Å². The topological polar surface area (TPSA) is 212 Å². The Kier molecular flexibility index (Phi) is 22.1. The number of likely N-dealkylation sites (N-methyl/N-ethyl adjacent to an activating group) is 2. The maximum absolute atomic E-state index is 14.6. The monoisotopic (exact) mass is 939 g/mol. The third kappa shape index (κ3) is 14.9. The highest BCUT2D eigenvalue weighted by atomic mass is 16.5. The molecule has 0 bridgehead atoms. The van der Waals surface area contributed by atoms with Gasteiger partial charge in [0.2, 0.25) is 29.5 Å². The van der Waals surface area contributed by atoms with Crippen LogP contribution < -0.4 is 10.6 Å². The van der Waals surface area contributed by atoms with Crippen LogP contribution in [0.1, 0.15) is 112 Å². The zero-order valence-electron chi connectivity index (χ0n) is 41.9. The van der Waals surface area contributed by atoms with Crippen molar-refractivity contribution >= 4 is 47.3 Å². The summed E-state index contributed by atoms with van der Waals surface area (Å²) in [5, 5.41) is 15.6. The van der Waals surface area contributed by atoms with Gasteiger partial charge in [0.1, 0.15) is 18.1 Å². The molecule has 0 aliphatic carbocycles. The summed E-state index contributed by atoms with van der Waals surface area (Å²) in [6.45, 7) is 15.2. The second kappa shape index (κ2) is 26.4. The SMILES string of the molecule is CC[C@H](C)[C@@H](C(CC(=O)N1[C@@H](C)CC[C@H]1[C@H](OC)[C@@H](C)C(=O)N[C@@H](Cc1ccccc1)C(=O)O)OC)N(C)C(=O)[C@@H](NC(=O)C(C(C)C)N(C)C(=O)CCCCCN1C(=O)C=CC1=O)C(C)C. The number of hydrogen-bond donors (Lipinski definition) is 3. The van der Waals surface area contributed by atoms with Crippen LogP contribution in [0, 0.1) is 23.7 Å². The van der Waals surface area contributed by atoms with Crippen LogP contribution in [0.25, 0.3) is 0 Å².